The first-order valence-corrected chi connectivity index (χ1v) is 8.09. The van der Waals surface area contributed by atoms with Crippen LogP contribution in [-0.2, 0) is 30.4 Å². The number of hydrogen-bond donors (Lipinski definition) is 2. The summed E-state index contributed by atoms with van der Waals surface area (Å²) in [6.45, 7) is 6.14. The van der Waals surface area contributed by atoms with E-state index in [0.717, 1.165) is 12.5 Å². The summed E-state index contributed by atoms with van der Waals surface area (Å²) in [6.07, 6.45) is -2.43. The van der Waals surface area contributed by atoms with Crippen LogP contribution >= 0.6 is 0 Å². The normalized spacial score (nSPS) is 13.4. The van der Waals surface area contributed by atoms with Gasteiger partial charge in [0.05, 0.1) is 13.2 Å². The molecule has 8 nitrogen and oxygen atoms in total. The molecule has 2 unspecified atom stereocenters. The maximum absolute atomic E-state index is 12.0. The third-order valence-electron chi connectivity index (χ3n) is 3.01. The van der Waals surface area contributed by atoms with Crippen LogP contribution in [0.2, 0.25) is 0 Å². The van der Waals surface area contributed by atoms with E-state index in [1.807, 2.05) is 30.3 Å². The second kappa shape index (κ2) is 9.76. The monoisotopic (exact) mass is 367 g/mol. The number of esters is 1. The highest BCUT2D eigenvalue weighted by Gasteiger charge is 2.34. The summed E-state index contributed by atoms with van der Waals surface area (Å²) in [6, 6.07) is 8.11. The van der Waals surface area contributed by atoms with Crippen molar-refractivity contribution in [2.75, 3.05) is 6.61 Å². The summed E-state index contributed by atoms with van der Waals surface area (Å²) in [4.78, 5) is 34.6. The predicted molar refractivity (Wildman–Crippen MR) is 92.4 cm³/mol. The first-order chi connectivity index (χ1) is 12.1. The molecule has 26 heavy (non-hydrogen) atoms. The van der Waals surface area contributed by atoms with Crippen molar-refractivity contribution in [2.45, 2.75) is 52.0 Å². The van der Waals surface area contributed by atoms with E-state index in [-0.39, 0.29) is 13.2 Å². The molecule has 144 valence electrons. The number of carbonyl (C=O) groups is 3. The number of alkyl carbamates (subject to hydrolysis) is 1. The summed E-state index contributed by atoms with van der Waals surface area (Å²) in [5, 5.41) is 11.7. The van der Waals surface area contributed by atoms with E-state index in [0.29, 0.717) is 0 Å². The highest BCUT2D eigenvalue weighted by molar-refractivity contribution is 5.79. The van der Waals surface area contributed by atoms with Gasteiger partial charge in [-0.25, -0.2) is 9.59 Å². The van der Waals surface area contributed by atoms with Crippen molar-refractivity contribution in [3.63, 3.8) is 0 Å². The molecule has 0 fully saturated rings. The molecule has 2 atom stereocenters. The Balaban J connectivity index is 2.80. The lowest BCUT2D eigenvalue weighted by Gasteiger charge is -2.26. The van der Waals surface area contributed by atoms with Gasteiger partial charge in [0.1, 0.15) is 11.6 Å². The fourth-order valence-electron chi connectivity index (χ4n) is 2.03. The van der Waals surface area contributed by atoms with Crippen LogP contribution in [0.3, 0.4) is 0 Å². The Kier molecular flexibility index (Phi) is 8.05. The predicted octanol–water partition coefficient (Wildman–Crippen LogP) is 2.11. The minimum atomic E-state index is -1.60. The Bertz CT molecular complexity index is 610. The lowest BCUT2D eigenvalue weighted by atomic mass is 10.1. The summed E-state index contributed by atoms with van der Waals surface area (Å²) >= 11 is 0. The summed E-state index contributed by atoms with van der Waals surface area (Å²) in [5.41, 5.74) is 0.113. The average molecular weight is 367 g/mol. The molecule has 2 N–H and O–H groups in total. The van der Waals surface area contributed by atoms with Crippen molar-refractivity contribution in [1.82, 2.24) is 5.32 Å². The third kappa shape index (κ3) is 8.48. The van der Waals surface area contributed by atoms with Crippen molar-refractivity contribution in [2.24, 2.45) is 0 Å². The van der Waals surface area contributed by atoms with Gasteiger partial charge in [0, 0.05) is 6.92 Å². The Morgan fingerprint density at radius 1 is 1.15 bits per heavy atom. The van der Waals surface area contributed by atoms with Crippen molar-refractivity contribution >= 4 is 18.0 Å². The molecule has 0 aliphatic carbocycles. The summed E-state index contributed by atoms with van der Waals surface area (Å²) in [7, 11) is 0. The molecule has 0 heterocycles. The second-order valence-corrected chi connectivity index (χ2v) is 6.62. The van der Waals surface area contributed by atoms with E-state index in [1.54, 1.807) is 20.8 Å². The van der Waals surface area contributed by atoms with Gasteiger partial charge in [-0.1, -0.05) is 30.3 Å². The number of carboxylic acid groups (broad SMARTS) is 1. The zero-order valence-corrected chi connectivity index (χ0v) is 15.4. The highest BCUT2D eigenvalue weighted by Crippen LogP contribution is 2.10. The standard InChI is InChI=1S/C18H25NO7/c1-12(20)25-15(16(21)22)14(19-17(23)26-18(2,3)4)11-24-10-13-8-6-5-7-9-13/h5-9,14-15H,10-11H2,1-4H3,(H,19,23)(H,21,22). The molecule has 0 radical (unpaired) electrons. The van der Waals surface area contributed by atoms with Crippen LogP contribution in [0.15, 0.2) is 30.3 Å². The van der Waals surface area contributed by atoms with Crippen LogP contribution in [0.5, 0.6) is 0 Å². The molecule has 0 bridgehead atoms. The number of carbonyl (C=O) groups excluding carboxylic acids is 2. The van der Waals surface area contributed by atoms with E-state index in [9.17, 15) is 19.5 Å². The Morgan fingerprint density at radius 3 is 2.27 bits per heavy atom. The van der Waals surface area contributed by atoms with Crippen molar-refractivity contribution in [1.29, 1.82) is 0 Å². The van der Waals surface area contributed by atoms with Crippen LogP contribution in [-0.4, -0.2) is 47.5 Å². The molecule has 1 aromatic rings. The van der Waals surface area contributed by atoms with Crippen molar-refractivity contribution in [3.8, 4) is 0 Å². The number of hydrogen-bond acceptors (Lipinski definition) is 6. The van der Waals surface area contributed by atoms with E-state index in [2.05, 4.69) is 5.32 Å². The van der Waals surface area contributed by atoms with Gasteiger partial charge < -0.3 is 24.6 Å². The van der Waals surface area contributed by atoms with Gasteiger partial charge >= 0.3 is 18.0 Å². The van der Waals surface area contributed by atoms with Crippen molar-refractivity contribution < 1.29 is 33.7 Å². The molecule has 0 aromatic heterocycles. The molecule has 0 aliphatic heterocycles. The van der Waals surface area contributed by atoms with Gasteiger partial charge in [-0.15, -0.1) is 0 Å². The summed E-state index contributed by atoms with van der Waals surface area (Å²) in [5.74, 6) is -2.18. The molecule has 1 amide bonds. The van der Waals surface area contributed by atoms with Gasteiger partial charge in [-0.2, -0.15) is 0 Å². The third-order valence-corrected chi connectivity index (χ3v) is 3.01. The zero-order valence-electron chi connectivity index (χ0n) is 15.4. The highest BCUT2D eigenvalue weighted by atomic mass is 16.6. The molecule has 8 heteroatoms. The molecular weight excluding hydrogens is 342 g/mol. The molecule has 0 spiro atoms. The minimum Gasteiger partial charge on any atom is -0.478 e. The summed E-state index contributed by atoms with van der Waals surface area (Å²) < 4.78 is 15.4. The van der Waals surface area contributed by atoms with E-state index in [4.69, 9.17) is 14.2 Å². The lowest BCUT2D eigenvalue weighted by molar-refractivity contribution is -0.165. The van der Waals surface area contributed by atoms with Gasteiger partial charge in [0.2, 0.25) is 6.10 Å². The van der Waals surface area contributed by atoms with E-state index < -0.39 is 35.8 Å². The lowest BCUT2D eigenvalue weighted by Crippen LogP contribution is -2.52. The maximum atomic E-state index is 12.0. The number of rotatable bonds is 8. The van der Waals surface area contributed by atoms with Crippen molar-refractivity contribution in [3.05, 3.63) is 35.9 Å². The van der Waals surface area contributed by atoms with Crippen LogP contribution in [0.25, 0.3) is 0 Å². The first kappa shape index (κ1) is 21.4. The number of ether oxygens (including phenoxy) is 3. The Morgan fingerprint density at radius 2 is 1.77 bits per heavy atom. The molecule has 1 aromatic carbocycles. The van der Waals surface area contributed by atoms with Gasteiger partial charge in [0.15, 0.2) is 0 Å². The van der Waals surface area contributed by atoms with E-state index in [1.165, 1.54) is 0 Å². The minimum absolute atomic E-state index is 0.182. The maximum Gasteiger partial charge on any atom is 0.408 e. The largest absolute Gasteiger partial charge is 0.478 e. The number of nitrogens with one attached hydrogen (secondary N) is 1. The topological polar surface area (TPSA) is 111 Å². The molecule has 0 aliphatic rings. The van der Waals surface area contributed by atoms with Gasteiger partial charge in [0.25, 0.3) is 0 Å². The van der Waals surface area contributed by atoms with Gasteiger partial charge in [-0.05, 0) is 26.3 Å². The Labute approximate surface area is 152 Å². The average Bonchev–Trinajstić information content (AvgIpc) is 2.50. The van der Waals surface area contributed by atoms with Crippen LogP contribution in [0.1, 0.15) is 33.3 Å². The number of benzene rings is 1. The fourth-order valence-corrected chi connectivity index (χ4v) is 2.03. The van der Waals surface area contributed by atoms with Crippen LogP contribution in [0, 0.1) is 0 Å². The zero-order chi connectivity index (χ0) is 19.7. The number of carboxylic acids is 1. The molecule has 1 rings (SSSR count). The van der Waals surface area contributed by atoms with Crippen LogP contribution in [0.4, 0.5) is 4.79 Å². The SMILES string of the molecule is CC(=O)OC(C(=O)O)C(COCc1ccccc1)NC(=O)OC(C)(C)C. The number of aliphatic carboxylic acids is 1. The second-order valence-electron chi connectivity index (χ2n) is 6.62. The van der Waals surface area contributed by atoms with Gasteiger partial charge in [-0.3, -0.25) is 4.79 Å². The quantitative estimate of drug-likeness (QED) is 0.677. The smallest absolute Gasteiger partial charge is 0.408 e. The van der Waals surface area contributed by atoms with E-state index >= 15 is 0 Å². The molecule has 0 saturated heterocycles. The fraction of sp³-hybridized carbons (Fsp3) is 0.500. The number of amides is 1. The molecule has 0 saturated carbocycles. The molecular formula is C18H25NO7. The first-order valence-electron chi connectivity index (χ1n) is 8.09. The Hall–Kier alpha value is -2.61. The van der Waals surface area contributed by atoms with Crippen LogP contribution < -0.4 is 5.32 Å².